The normalized spacial score (nSPS) is 14.8. The molecule has 1 heterocycles. The number of non-ortho nitro benzene ring substituents is 1. The molecule has 0 atom stereocenters. The van der Waals surface area contributed by atoms with Gasteiger partial charge in [0.25, 0.3) is 5.69 Å². The Morgan fingerprint density at radius 2 is 1.76 bits per heavy atom. The second-order valence-corrected chi connectivity index (χ2v) is 8.76. The molecule has 2 aromatic rings. The minimum atomic E-state index is -3.80. The quantitative estimate of drug-likeness (QED) is 0.493. The summed E-state index contributed by atoms with van der Waals surface area (Å²) in [6, 6.07) is 11.7. The number of rotatable bonds is 9. The molecule has 0 bridgehead atoms. The van der Waals surface area contributed by atoms with Crippen molar-refractivity contribution >= 4 is 21.4 Å². The highest BCUT2D eigenvalue weighted by Crippen LogP contribution is 2.31. The Morgan fingerprint density at radius 3 is 2.38 bits per heavy atom. The second-order valence-electron chi connectivity index (χ2n) is 6.86. The number of hydrogen-bond acceptors (Lipinski definition) is 6. The highest BCUT2D eigenvalue weighted by Gasteiger charge is 2.30. The van der Waals surface area contributed by atoms with Crippen molar-refractivity contribution in [2.24, 2.45) is 0 Å². The van der Waals surface area contributed by atoms with Crippen molar-refractivity contribution in [3.05, 3.63) is 63.7 Å². The zero-order chi connectivity index (χ0) is 20.9. The minimum absolute atomic E-state index is 0.0541. The van der Waals surface area contributed by atoms with Crippen molar-refractivity contribution in [2.45, 2.75) is 37.8 Å². The van der Waals surface area contributed by atoms with Crippen LogP contribution in [0.2, 0.25) is 0 Å². The maximum Gasteiger partial charge on any atom is 0.270 e. The second kappa shape index (κ2) is 9.34. The lowest BCUT2D eigenvalue weighted by Gasteiger charge is -2.19. The van der Waals surface area contributed by atoms with Gasteiger partial charge in [-0.15, -0.1) is 0 Å². The fraction of sp³-hybridized carbons (Fsp3) is 0.400. The van der Waals surface area contributed by atoms with E-state index in [1.165, 1.54) is 16.4 Å². The Bertz CT molecular complexity index is 955. The molecular weight excluding hydrogens is 394 g/mol. The highest BCUT2D eigenvalue weighted by atomic mass is 32.2. The first-order valence-corrected chi connectivity index (χ1v) is 11.0. The summed E-state index contributed by atoms with van der Waals surface area (Å²) in [5.74, 6) is 0. The van der Waals surface area contributed by atoms with Gasteiger partial charge in [0.15, 0.2) is 0 Å². The number of nitrogens with zero attached hydrogens (tertiary/aromatic N) is 2. The summed E-state index contributed by atoms with van der Waals surface area (Å²) in [6.45, 7) is 4.41. The third-order valence-corrected chi connectivity index (χ3v) is 6.78. The Morgan fingerprint density at radius 1 is 1.10 bits per heavy atom. The number of ether oxygens (including phenoxy) is 1. The summed E-state index contributed by atoms with van der Waals surface area (Å²) in [4.78, 5) is 10.5. The zero-order valence-corrected chi connectivity index (χ0v) is 17.2. The summed E-state index contributed by atoms with van der Waals surface area (Å²) in [6.07, 6.45) is 1.59. The number of sulfonamides is 1. The SMILES string of the molecule is CCOCc1ccc(CNc2ccc([N+](=O)[O-])cc2S(=O)(=O)N2CCCC2)cc1. The van der Waals surface area contributed by atoms with Gasteiger partial charge in [0.2, 0.25) is 10.0 Å². The van der Waals surface area contributed by atoms with E-state index in [1.807, 2.05) is 31.2 Å². The summed E-state index contributed by atoms with van der Waals surface area (Å²) >= 11 is 0. The van der Waals surface area contributed by atoms with Crippen molar-refractivity contribution in [2.75, 3.05) is 25.0 Å². The molecule has 3 rings (SSSR count). The molecule has 2 aromatic carbocycles. The van der Waals surface area contributed by atoms with Gasteiger partial charge >= 0.3 is 0 Å². The van der Waals surface area contributed by atoms with E-state index in [1.54, 1.807) is 0 Å². The van der Waals surface area contributed by atoms with E-state index in [0.717, 1.165) is 30.0 Å². The average molecular weight is 420 g/mol. The third kappa shape index (κ3) is 5.11. The molecule has 0 radical (unpaired) electrons. The van der Waals surface area contributed by atoms with E-state index in [2.05, 4.69) is 5.32 Å². The van der Waals surface area contributed by atoms with Gasteiger partial charge in [-0.2, -0.15) is 4.31 Å². The van der Waals surface area contributed by atoms with Crippen LogP contribution in [-0.2, 0) is 27.9 Å². The van der Waals surface area contributed by atoms with Gasteiger partial charge in [-0.1, -0.05) is 24.3 Å². The number of anilines is 1. The molecule has 156 valence electrons. The first-order valence-electron chi connectivity index (χ1n) is 9.60. The third-order valence-electron chi connectivity index (χ3n) is 4.84. The van der Waals surface area contributed by atoms with Crippen LogP contribution in [0.3, 0.4) is 0 Å². The van der Waals surface area contributed by atoms with Crippen molar-refractivity contribution in [1.82, 2.24) is 4.31 Å². The molecule has 0 saturated carbocycles. The topological polar surface area (TPSA) is 102 Å². The lowest BCUT2D eigenvalue weighted by molar-refractivity contribution is -0.385. The molecule has 8 nitrogen and oxygen atoms in total. The van der Waals surface area contributed by atoms with Crippen LogP contribution in [0.15, 0.2) is 47.4 Å². The van der Waals surface area contributed by atoms with Crippen LogP contribution < -0.4 is 5.32 Å². The molecule has 1 fully saturated rings. The average Bonchev–Trinajstić information content (AvgIpc) is 3.27. The predicted octanol–water partition coefficient (Wildman–Crippen LogP) is 3.53. The first-order chi connectivity index (χ1) is 13.9. The van der Waals surface area contributed by atoms with Crippen LogP contribution in [0.4, 0.5) is 11.4 Å². The van der Waals surface area contributed by atoms with E-state index in [4.69, 9.17) is 4.74 Å². The minimum Gasteiger partial charge on any atom is -0.380 e. The van der Waals surface area contributed by atoms with Crippen LogP contribution in [0.1, 0.15) is 30.9 Å². The van der Waals surface area contributed by atoms with Gasteiger partial charge in [-0.3, -0.25) is 10.1 Å². The zero-order valence-electron chi connectivity index (χ0n) is 16.3. The van der Waals surface area contributed by atoms with Gasteiger partial charge < -0.3 is 10.1 Å². The van der Waals surface area contributed by atoms with Gasteiger partial charge in [-0.05, 0) is 37.0 Å². The molecule has 0 aliphatic carbocycles. The van der Waals surface area contributed by atoms with Crippen molar-refractivity contribution in [3.8, 4) is 0 Å². The van der Waals surface area contributed by atoms with E-state index >= 15 is 0 Å². The molecule has 29 heavy (non-hydrogen) atoms. The fourth-order valence-corrected chi connectivity index (χ4v) is 4.93. The molecule has 0 unspecified atom stereocenters. The number of nitrogens with one attached hydrogen (secondary N) is 1. The van der Waals surface area contributed by atoms with E-state index in [9.17, 15) is 18.5 Å². The summed E-state index contributed by atoms with van der Waals surface area (Å²) in [7, 11) is -3.80. The van der Waals surface area contributed by atoms with E-state index in [0.29, 0.717) is 38.5 Å². The summed E-state index contributed by atoms with van der Waals surface area (Å²) in [5, 5.41) is 14.3. The number of hydrogen-bond donors (Lipinski definition) is 1. The number of nitro groups is 1. The van der Waals surface area contributed by atoms with Crippen LogP contribution in [-0.4, -0.2) is 37.3 Å². The Kier molecular flexibility index (Phi) is 6.83. The first kappa shape index (κ1) is 21.2. The molecule has 1 aliphatic rings. The van der Waals surface area contributed by atoms with Crippen LogP contribution in [0, 0.1) is 10.1 Å². The maximum atomic E-state index is 13.0. The number of nitro benzene ring substituents is 1. The van der Waals surface area contributed by atoms with Gasteiger partial charge in [0.1, 0.15) is 4.90 Å². The number of benzene rings is 2. The molecule has 0 spiro atoms. The highest BCUT2D eigenvalue weighted by molar-refractivity contribution is 7.89. The molecule has 1 N–H and O–H groups in total. The Balaban J connectivity index is 1.82. The molecule has 1 aliphatic heterocycles. The monoisotopic (exact) mass is 419 g/mol. The molecule has 0 amide bonds. The van der Waals surface area contributed by atoms with Crippen molar-refractivity contribution in [3.63, 3.8) is 0 Å². The molecular formula is C20H25N3O5S. The summed E-state index contributed by atoms with van der Waals surface area (Å²) in [5.41, 5.74) is 2.14. The van der Waals surface area contributed by atoms with Crippen molar-refractivity contribution < 1.29 is 18.1 Å². The van der Waals surface area contributed by atoms with Gasteiger partial charge in [-0.25, -0.2) is 8.42 Å². The molecule has 1 saturated heterocycles. The van der Waals surface area contributed by atoms with Crippen LogP contribution in [0.5, 0.6) is 0 Å². The van der Waals surface area contributed by atoms with E-state index in [-0.39, 0.29) is 10.6 Å². The smallest absolute Gasteiger partial charge is 0.270 e. The van der Waals surface area contributed by atoms with Gasteiger partial charge in [0, 0.05) is 38.4 Å². The van der Waals surface area contributed by atoms with Crippen molar-refractivity contribution in [1.29, 1.82) is 0 Å². The van der Waals surface area contributed by atoms with Gasteiger partial charge in [0.05, 0.1) is 17.2 Å². The van der Waals surface area contributed by atoms with Crippen LogP contribution >= 0.6 is 0 Å². The standard InChI is InChI=1S/C20H25N3O5S/c1-2-28-15-17-7-5-16(6-8-17)14-21-19-10-9-18(23(24)25)13-20(19)29(26,27)22-11-3-4-12-22/h5-10,13,21H,2-4,11-12,14-15H2,1H3. The molecule has 9 heteroatoms. The molecule has 0 aromatic heterocycles. The largest absolute Gasteiger partial charge is 0.380 e. The summed E-state index contributed by atoms with van der Waals surface area (Å²) < 4.78 is 32.8. The Labute approximate surface area is 170 Å². The lowest BCUT2D eigenvalue weighted by Crippen LogP contribution is -2.28. The lowest BCUT2D eigenvalue weighted by atomic mass is 10.1. The van der Waals surface area contributed by atoms with E-state index < -0.39 is 14.9 Å². The van der Waals surface area contributed by atoms with Crippen LogP contribution in [0.25, 0.3) is 0 Å². The predicted molar refractivity (Wildman–Crippen MR) is 110 cm³/mol. The Hall–Kier alpha value is -2.49. The maximum absolute atomic E-state index is 13.0. The fourth-order valence-electron chi connectivity index (χ4n) is 3.22.